The highest BCUT2D eigenvalue weighted by Crippen LogP contribution is 2.13. The van der Waals surface area contributed by atoms with Crippen LogP contribution in [-0.2, 0) is 6.54 Å². The van der Waals surface area contributed by atoms with Gasteiger partial charge in [0.25, 0.3) is 0 Å². The second-order valence-electron chi connectivity index (χ2n) is 2.94. The van der Waals surface area contributed by atoms with E-state index in [0.717, 1.165) is 16.7 Å². The lowest BCUT2D eigenvalue weighted by molar-refractivity contribution is 1.05. The quantitative estimate of drug-likeness (QED) is 0.941. The van der Waals surface area contributed by atoms with Crippen LogP contribution in [0.15, 0.2) is 22.4 Å². The minimum atomic E-state index is 0.631. The third kappa shape index (κ3) is 2.73. The lowest BCUT2D eigenvalue weighted by Crippen LogP contribution is -2.02. The van der Waals surface area contributed by atoms with Gasteiger partial charge in [0.05, 0.1) is 22.2 Å². The molecule has 0 bridgehead atoms. The van der Waals surface area contributed by atoms with Gasteiger partial charge >= 0.3 is 0 Å². The normalized spacial score (nSPS) is 10.3. The van der Waals surface area contributed by atoms with E-state index in [2.05, 4.69) is 36.2 Å². The Bertz CT molecular complexity index is 440. The summed E-state index contributed by atoms with van der Waals surface area (Å²) >= 11 is 4.92. The first-order chi connectivity index (χ1) is 7.25. The Morgan fingerprint density at radius 2 is 2.07 bits per heavy atom. The average molecular weight is 285 g/mol. The van der Waals surface area contributed by atoms with Crippen molar-refractivity contribution in [2.24, 2.45) is 0 Å². The third-order valence-corrected chi connectivity index (χ3v) is 3.22. The number of aryl methyl sites for hydroxylation is 1. The van der Waals surface area contributed by atoms with E-state index in [9.17, 15) is 0 Å². The highest BCUT2D eigenvalue weighted by molar-refractivity contribution is 9.10. The molecule has 0 aliphatic carbocycles. The molecule has 0 spiro atoms. The number of aromatic nitrogens is 3. The fraction of sp³-hybridized carbons (Fsp3) is 0.222. The van der Waals surface area contributed by atoms with Crippen molar-refractivity contribution in [3.05, 3.63) is 32.9 Å². The van der Waals surface area contributed by atoms with Crippen molar-refractivity contribution in [1.82, 2.24) is 15.0 Å². The largest absolute Gasteiger partial charge is 0.349 e. The zero-order chi connectivity index (χ0) is 10.7. The Morgan fingerprint density at radius 3 is 2.67 bits per heavy atom. The first kappa shape index (κ1) is 10.5. The van der Waals surface area contributed by atoms with Gasteiger partial charge in [-0.15, -0.1) is 11.3 Å². The standard InChI is InChI=1S/C9H9BrN4S/c1-6-8(15-5-14-6)4-13-9-11-2-7(10)3-12-9/h2-3,5H,4H2,1H3,(H,11,12,13). The van der Waals surface area contributed by atoms with Gasteiger partial charge in [-0.1, -0.05) is 0 Å². The van der Waals surface area contributed by atoms with Crippen molar-refractivity contribution < 1.29 is 0 Å². The molecule has 2 aromatic rings. The van der Waals surface area contributed by atoms with E-state index in [1.54, 1.807) is 23.7 Å². The van der Waals surface area contributed by atoms with E-state index in [-0.39, 0.29) is 0 Å². The van der Waals surface area contributed by atoms with Gasteiger partial charge in [0.2, 0.25) is 5.95 Å². The Balaban J connectivity index is 1.99. The summed E-state index contributed by atoms with van der Waals surface area (Å²) < 4.78 is 0.877. The van der Waals surface area contributed by atoms with Crippen LogP contribution in [0.3, 0.4) is 0 Å². The predicted octanol–water partition coefficient (Wildman–Crippen LogP) is 2.62. The van der Waals surface area contributed by atoms with Gasteiger partial charge in [-0.05, 0) is 22.9 Å². The van der Waals surface area contributed by atoms with Gasteiger partial charge in [0, 0.05) is 17.3 Å². The first-order valence-corrected chi connectivity index (χ1v) is 6.03. The van der Waals surface area contributed by atoms with Crippen LogP contribution in [0.5, 0.6) is 0 Å². The number of nitrogens with one attached hydrogen (secondary N) is 1. The SMILES string of the molecule is Cc1ncsc1CNc1ncc(Br)cn1. The van der Waals surface area contributed by atoms with Crippen LogP contribution < -0.4 is 5.32 Å². The topological polar surface area (TPSA) is 50.7 Å². The fourth-order valence-corrected chi connectivity index (χ4v) is 1.98. The number of rotatable bonds is 3. The first-order valence-electron chi connectivity index (χ1n) is 4.36. The number of hydrogen-bond donors (Lipinski definition) is 1. The third-order valence-electron chi connectivity index (χ3n) is 1.87. The van der Waals surface area contributed by atoms with Crippen molar-refractivity contribution in [1.29, 1.82) is 0 Å². The molecule has 2 aromatic heterocycles. The molecule has 2 rings (SSSR count). The van der Waals surface area contributed by atoms with E-state index < -0.39 is 0 Å². The Labute approximate surface area is 99.9 Å². The van der Waals surface area contributed by atoms with Crippen LogP contribution in [0, 0.1) is 6.92 Å². The predicted molar refractivity (Wildman–Crippen MR) is 63.9 cm³/mol. The van der Waals surface area contributed by atoms with Crippen LogP contribution in [0.4, 0.5) is 5.95 Å². The minimum absolute atomic E-state index is 0.631. The summed E-state index contributed by atoms with van der Waals surface area (Å²) in [5.74, 6) is 0.631. The van der Waals surface area contributed by atoms with E-state index >= 15 is 0 Å². The van der Waals surface area contributed by atoms with E-state index in [1.807, 2.05) is 12.4 Å². The molecular formula is C9H9BrN4S. The molecule has 0 radical (unpaired) electrons. The maximum Gasteiger partial charge on any atom is 0.222 e. The van der Waals surface area contributed by atoms with Crippen LogP contribution in [-0.4, -0.2) is 15.0 Å². The number of anilines is 1. The Kier molecular flexibility index (Phi) is 3.27. The molecule has 0 aliphatic rings. The lowest BCUT2D eigenvalue weighted by Gasteiger charge is -2.02. The number of hydrogen-bond acceptors (Lipinski definition) is 5. The highest BCUT2D eigenvalue weighted by atomic mass is 79.9. The molecule has 0 unspecified atom stereocenters. The molecule has 0 saturated heterocycles. The molecule has 0 aromatic carbocycles. The van der Waals surface area contributed by atoms with Crippen LogP contribution >= 0.6 is 27.3 Å². The maximum atomic E-state index is 4.17. The summed E-state index contributed by atoms with van der Waals surface area (Å²) in [6.07, 6.45) is 3.43. The molecule has 15 heavy (non-hydrogen) atoms. The summed E-state index contributed by atoms with van der Waals surface area (Å²) in [6, 6.07) is 0. The van der Waals surface area contributed by atoms with E-state index in [0.29, 0.717) is 5.95 Å². The Hall–Kier alpha value is -1.01. The molecule has 4 nitrogen and oxygen atoms in total. The number of nitrogens with zero attached hydrogens (tertiary/aromatic N) is 3. The fourth-order valence-electron chi connectivity index (χ4n) is 1.06. The molecule has 78 valence electrons. The number of thiazole rings is 1. The van der Waals surface area contributed by atoms with Gasteiger partial charge in [-0.25, -0.2) is 15.0 Å². The van der Waals surface area contributed by atoms with Gasteiger partial charge in [0.15, 0.2) is 0 Å². The molecule has 2 heterocycles. The monoisotopic (exact) mass is 284 g/mol. The summed E-state index contributed by atoms with van der Waals surface area (Å²) in [4.78, 5) is 13.6. The molecule has 0 fully saturated rings. The molecule has 1 N–H and O–H groups in total. The number of halogens is 1. The smallest absolute Gasteiger partial charge is 0.222 e. The molecule has 0 aliphatic heterocycles. The summed E-state index contributed by atoms with van der Waals surface area (Å²) in [7, 11) is 0. The second kappa shape index (κ2) is 4.67. The van der Waals surface area contributed by atoms with Gasteiger partial charge in [-0.3, -0.25) is 0 Å². The summed E-state index contributed by atoms with van der Waals surface area (Å²) in [6.45, 7) is 2.72. The highest BCUT2D eigenvalue weighted by Gasteiger charge is 2.01. The van der Waals surface area contributed by atoms with E-state index in [1.165, 1.54) is 4.88 Å². The van der Waals surface area contributed by atoms with Crippen molar-refractivity contribution >= 4 is 33.2 Å². The molecular weight excluding hydrogens is 276 g/mol. The Morgan fingerprint density at radius 1 is 1.33 bits per heavy atom. The maximum absolute atomic E-state index is 4.17. The van der Waals surface area contributed by atoms with Crippen LogP contribution in [0.1, 0.15) is 10.6 Å². The van der Waals surface area contributed by atoms with Gasteiger partial charge in [-0.2, -0.15) is 0 Å². The molecule has 0 atom stereocenters. The lowest BCUT2D eigenvalue weighted by atomic mass is 10.4. The van der Waals surface area contributed by atoms with Gasteiger partial charge in [0.1, 0.15) is 0 Å². The van der Waals surface area contributed by atoms with E-state index in [4.69, 9.17) is 0 Å². The minimum Gasteiger partial charge on any atom is -0.349 e. The van der Waals surface area contributed by atoms with Crippen LogP contribution in [0.25, 0.3) is 0 Å². The van der Waals surface area contributed by atoms with Crippen molar-refractivity contribution in [2.75, 3.05) is 5.32 Å². The second-order valence-corrected chi connectivity index (χ2v) is 4.79. The average Bonchev–Trinajstić information content (AvgIpc) is 2.63. The zero-order valence-corrected chi connectivity index (χ0v) is 10.5. The molecule has 0 saturated carbocycles. The molecule has 0 amide bonds. The van der Waals surface area contributed by atoms with Crippen LogP contribution in [0.2, 0.25) is 0 Å². The molecule has 6 heteroatoms. The zero-order valence-electron chi connectivity index (χ0n) is 8.07. The summed E-state index contributed by atoms with van der Waals surface area (Å²) in [5, 5.41) is 3.14. The van der Waals surface area contributed by atoms with Crippen molar-refractivity contribution in [3.63, 3.8) is 0 Å². The summed E-state index contributed by atoms with van der Waals surface area (Å²) in [5.41, 5.74) is 2.90. The van der Waals surface area contributed by atoms with Gasteiger partial charge < -0.3 is 5.32 Å². The van der Waals surface area contributed by atoms with Crippen molar-refractivity contribution in [2.45, 2.75) is 13.5 Å². The van der Waals surface area contributed by atoms with Crippen molar-refractivity contribution in [3.8, 4) is 0 Å².